The van der Waals surface area contributed by atoms with E-state index >= 15 is 0 Å². The van der Waals surface area contributed by atoms with Crippen molar-refractivity contribution < 1.29 is 14.3 Å². The van der Waals surface area contributed by atoms with Gasteiger partial charge in [0.2, 0.25) is 5.91 Å². The van der Waals surface area contributed by atoms with Crippen molar-refractivity contribution in [3.05, 3.63) is 59.4 Å². The number of aryl methyl sites for hydroxylation is 1. The van der Waals surface area contributed by atoms with Crippen molar-refractivity contribution in [1.82, 2.24) is 20.4 Å². The van der Waals surface area contributed by atoms with Gasteiger partial charge in [0.05, 0.1) is 12.6 Å². The summed E-state index contributed by atoms with van der Waals surface area (Å²) in [6.07, 6.45) is 9.24. The summed E-state index contributed by atoms with van der Waals surface area (Å²) in [5, 5.41) is 24.1. The van der Waals surface area contributed by atoms with Crippen LogP contribution in [0.4, 0.5) is 0 Å². The van der Waals surface area contributed by atoms with Crippen LogP contribution < -0.4 is 10.6 Å². The standard InChI is InChI=1S/C25H34N6O3/c1-28-25(33)22-17-31(30-22)12-3-2-7-21(26)8-9-23(27)29-24(32)16-18-5-4-6-20(15-18)19-10-13-34-14-11-19/h4-6,8-9,15,17,19,26,30H,2-3,7,10-14,16H2,1H3,(H,28,33)(H2,27,29,32)/b9-8-,26-21?. The van der Waals surface area contributed by atoms with Crippen LogP contribution in [0.15, 0.2) is 42.6 Å². The van der Waals surface area contributed by atoms with E-state index in [9.17, 15) is 9.59 Å². The molecule has 2 heterocycles. The van der Waals surface area contributed by atoms with E-state index in [0.717, 1.165) is 51.0 Å². The maximum Gasteiger partial charge on any atom is 0.270 e. The minimum Gasteiger partial charge on any atom is -0.381 e. The summed E-state index contributed by atoms with van der Waals surface area (Å²) in [5.41, 5.74) is 3.12. The molecular weight excluding hydrogens is 432 g/mol. The lowest BCUT2D eigenvalue weighted by molar-refractivity contribution is -0.119. The van der Waals surface area contributed by atoms with E-state index in [1.54, 1.807) is 19.3 Å². The van der Waals surface area contributed by atoms with Gasteiger partial charge in [-0.1, -0.05) is 24.3 Å². The van der Waals surface area contributed by atoms with E-state index in [0.29, 0.717) is 23.7 Å². The van der Waals surface area contributed by atoms with E-state index in [-0.39, 0.29) is 24.1 Å². The summed E-state index contributed by atoms with van der Waals surface area (Å²) in [6.45, 7) is 2.31. The number of amides is 2. The Balaban J connectivity index is 1.34. The van der Waals surface area contributed by atoms with Gasteiger partial charge in [-0.05, 0) is 61.3 Å². The maximum absolute atomic E-state index is 12.3. The van der Waals surface area contributed by atoms with Crippen LogP contribution in [-0.4, -0.2) is 53.4 Å². The zero-order valence-corrected chi connectivity index (χ0v) is 19.7. The molecule has 1 aliphatic rings. The Hall–Kier alpha value is -3.46. The first-order chi connectivity index (χ1) is 16.4. The highest BCUT2D eigenvalue weighted by atomic mass is 16.5. The molecule has 0 unspecified atom stereocenters. The third kappa shape index (κ3) is 7.84. The second-order valence-corrected chi connectivity index (χ2v) is 8.51. The van der Waals surface area contributed by atoms with Crippen LogP contribution in [0.3, 0.4) is 0 Å². The minimum absolute atomic E-state index is 0.0213. The third-order valence-electron chi connectivity index (χ3n) is 5.85. The van der Waals surface area contributed by atoms with Crippen molar-refractivity contribution in [3.8, 4) is 0 Å². The largest absolute Gasteiger partial charge is 0.381 e. The molecule has 182 valence electrons. The van der Waals surface area contributed by atoms with E-state index in [2.05, 4.69) is 27.9 Å². The first-order valence-corrected chi connectivity index (χ1v) is 11.7. The number of nitrogens with one attached hydrogen (secondary N) is 5. The van der Waals surface area contributed by atoms with Crippen LogP contribution in [0.2, 0.25) is 0 Å². The highest BCUT2D eigenvalue weighted by Gasteiger charge is 2.16. The molecule has 9 nitrogen and oxygen atoms in total. The Bertz CT molecular complexity index is 1020. The summed E-state index contributed by atoms with van der Waals surface area (Å²) in [5.74, 6) is 0.0763. The first kappa shape index (κ1) is 25.2. The topological polar surface area (TPSA) is 136 Å². The fourth-order valence-electron chi connectivity index (χ4n) is 3.94. The highest BCUT2D eigenvalue weighted by molar-refractivity contribution is 6.06. The average Bonchev–Trinajstić information content (AvgIpc) is 2.81. The Morgan fingerprint density at radius 3 is 2.71 bits per heavy atom. The van der Waals surface area contributed by atoms with Gasteiger partial charge in [0.1, 0.15) is 11.5 Å². The molecule has 5 N–H and O–H groups in total. The molecule has 1 aliphatic heterocycles. The van der Waals surface area contributed by atoms with Gasteiger partial charge in [-0.2, -0.15) is 0 Å². The van der Waals surface area contributed by atoms with Crippen molar-refractivity contribution in [2.75, 3.05) is 20.3 Å². The van der Waals surface area contributed by atoms with Crippen LogP contribution >= 0.6 is 0 Å². The molecule has 0 saturated carbocycles. The number of rotatable bonds is 11. The number of allylic oxidation sites excluding steroid dienone is 1. The lowest BCUT2D eigenvalue weighted by atomic mass is 9.90. The second-order valence-electron chi connectivity index (χ2n) is 8.51. The number of carbonyl (C=O) groups excluding carboxylic acids is 2. The number of benzene rings is 1. The number of hydrogen-bond acceptors (Lipinski definition) is 5. The fraction of sp³-hybridized carbons (Fsp3) is 0.440. The van der Waals surface area contributed by atoms with E-state index in [4.69, 9.17) is 15.6 Å². The van der Waals surface area contributed by atoms with E-state index in [1.165, 1.54) is 11.6 Å². The van der Waals surface area contributed by atoms with Crippen LogP contribution in [0.25, 0.3) is 0 Å². The van der Waals surface area contributed by atoms with Crippen molar-refractivity contribution in [1.29, 1.82) is 10.8 Å². The highest BCUT2D eigenvalue weighted by Crippen LogP contribution is 2.27. The normalized spacial score (nSPS) is 14.3. The molecule has 1 fully saturated rings. The smallest absolute Gasteiger partial charge is 0.270 e. The Morgan fingerprint density at radius 2 is 1.97 bits per heavy atom. The number of ether oxygens (including phenoxy) is 1. The molecule has 0 radical (unpaired) electrons. The molecule has 3 rings (SSSR count). The van der Waals surface area contributed by atoms with Crippen molar-refractivity contribution in [3.63, 3.8) is 0 Å². The number of carbonyl (C=O) groups is 2. The van der Waals surface area contributed by atoms with Gasteiger partial charge >= 0.3 is 0 Å². The van der Waals surface area contributed by atoms with Gasteiger partial charge < -0.3 is 20.8 Å². The second kappa shape index (κ2) is 12.7. The molecule has 34 heavy (non-hydrogen) atoms. The average molecular weight is 467 g/mol. The van der Waals surface area contributed by atoms with Gasteiger partial charge in [0.25, 0.3) is 5.91 Å². The Labute approximate surface area is 200 Å². The molecular formula is C25H34N6O3. The molecule has 0 bridgehead atoms. The summed E-state index contributed by atoms with van der Waals surface area (Å²) in [4.78, 5) is 23.7. The lowest BCUT2D eigenvalue weighted by Gasteiger charge is -2.22. The summed E-state index contributed by atoms with van der Waals surface area (Å²) in [6, 6.07) is 8.10. The molecule has 0 atom stereocenters. The zero-order chi connectivity index (χ0) is 24.3. The molecule has 0 spiro atoms. The molecule has 2 aromatic rings. The van der Waals surface area contributed by atoms with Gasteiger partial charge in [-0.15, -0.1) is 0 Å². The minimum atomic E-state index is -0.239. The molecule has 1 saturated heterocycles. The monoisotopic (exact) mass is 466 g/mol. The van der Waals surface area contributed by atoms with Gasteiger partial charge in [0, 0.05) is 32.5 Å². The van der Waals surface area contributed by atoms with Gasteiger partial charge in [-0.25, -0.2) is 0 Å². The Morgan fingerprint density at radius 1 is 1.21 bits per heavy atom. The SMILES string of the molecule is CNC(=O)c1cn(CCCCC(=N)/C=C\C(=N)NC(=O)Cc2cccc(C3CCOCC3)c2)[nH]1. The van der Waals surface area contributed by atoms with Gasteiger partial charge in [-0.3, -0.25) is 24.8 Å². The van der Waals surface area contributed by atoms with Crippen molar-refractivity contribution >= 4 is 23.4 Å². The van der Waals surface area contributed by atoms with Crippen LogP contribution in [0.5, 0.6) is 0 Å². The summed E-state index contributed by atoms with van der Waals surface area (Å²) >= 11 is 0. The first-order valence-electron chi connectivity index (χ1n) is 11.7. The maximum atomic E-state index is 12.3. The van der Waals surface area contributed by atoms with Gasteiger partial charge in [0.15, 0.2) is 0 Å². The van der Waals surface area contributed by atoms with E-state index < -0.39 is 0 Å². The number of amidine groups is 1. The van der Waals surface area contributed by atoms with Crippen LogP contribution in [-0.2, 0) is 22.5 Å². The number of aromatic amines is 1. The molecule has 0 aliphatic carbocycles. The van der Waals surface area contributed by atoms with Crippen LogP contribution in [0, 0.1) is 10.8 Å². The quantitative estimate of drug-likeness (QED) is 0.198. The summed E-state index contributed by atoms with van der Waals surface area (Å²) < 4.78 is 7.27. The predicted molar refractivity (Wildman–Crippen MR) is 132 cm³/mol. The number of nitrogens with zero attached hydrogens (tertiary/aromatic N) is 1. The number of hydrogen-bond donors (Lipinski definition) is 5. The fourth-order valence-corrected chi connectivity index (χ4v) is 3.94. The predicted octanol–water partition coefficient (Wildman–Crippen LogP) is 3.15. The molecule has 1 aromatic heterocycles. The molecule has 9 heteroatoms. The Kier molecular flexibility index (Phi) is 9.40. The van der Waals surface area contributed by atoms with Crippen molar-refractivity contribution in [2.24, 2.45) is 0 Å². The zero-order valence-electron chi connectivity index (χ0n) is 19.7. The third-order valence-corrected chi connectivity index (χ3v) is 5.85. The van der Waals surface area contributed by atoms with Crippen LogP contribution in [0.1, 0.15) is 59.6 Å². The molecule has 2 amide bonds. The number of unbranched alkanes of at least 4 members (excludes halogenated alkanes) is 1. The lowest BCUT2D eigenvalue weighted by Crippen LogP contribution is -2.30. The number of H-pyrrole nitrogens is 1. The number of aromatic nitrogens is 2. The van der Waals surface area contributed by atoms with E-state index in [1.807, 2.05) is 16.8 Å². The van der Waals surface area contributed by atoms with Crippen molar-refractivity contribution in [2.45, 2.75) is 51.0 Å². The summed E-state index contributed by atoms with van der Waals surface area (Å²) in [7, 11) is 1.59. The molecule has 1 aromatic carbocycles.